The standard InChI is InChI=1S/C15H17NO/c1-3-11-10-6-9(2)7-13(11)12-4-5-15(17)16-14(12)8-10/h3-6,10,13H,7-8H2,1-2H3,(H,16,17)/b11-3-/t10-,13-/m0/s1. The molecular formula is C15H17NO. The Morgan fingerprint density at radius 1 is 1.35 bits per heavy atom. The third-order valence-electron chi connectivity index (χ3n) is 4.01. The van der Waals surface area contributed by atoms with Crippen LogP contribution in [0, 0.1) is 5.92 Å². The zero-order chi connectivity index (χ0) is 12.0. The molecule has 17 heavy (non-hydrogen) atoms. The Balaban J connectivity index is 2.19. The van der Waals surface area contributed by atoms with E-state index in [9.17, 15) is 4.79 Å². The summed E-state index contributed by atoms with van der Waals surface area (Å²) in [6, 6.07) is 3.66. The lowest BCUT2D eigenvalue weighted by molar-refractivity contribution is 0.552. The summed E-state index contributed by atoms with van der Waals surface area (Å²) in [5.41, 5.74) is 5.48. The van der Waals surface area contributed by atoms with E-state index < -0.39 is 0 Å². The van der Waals surface area contributed by atoms with Gasteiger partial charge in [-0.2, -0.15) is 0 Å². The first kappa shape index (κ1) is 10.6. The van der Waals surface area contributed by atoms with Gasteiger partial charge in [0, 0.05) is 23.6 Å². The Bertz CT molecular complexity index is 577. The fraction of sp³-hybridized carbons (Fsp3) is 0.400. The maximum Gasteiger partial charge on any atom is 0.248 e. The second kappa shape index (κ2) is 3.73. The number of aromatic amines is 1. The molecule has 2 heteroatoms. The maximum atomic E-state index is 11.4. The lowest BCUT2D eigenvalue weighted by Gasteiger charge is -2.37. The normalized spacial score (nSPS) is 28.8. The van der Waals surface area contributed by atoms with Gasteiger partial charge in [0.1, 0.15) is 0 Å². The second-order valence-electron chi connectivity index (χ2n) is 5.13. The molecule has 2 atom stereocenters. The van der Waals surface area contributed by atoms with Gasteiger partial charge < -0.3 is 4.98 Å². The third-order valence-corrected chi connectivity index (χ3v) is 4.01. The van der Waals surface area contributed by atoms with Crippen LogP contribution >= 0.6 is 0 Å². The zero-order valence-electron chi connectivity index (χ0n) is 10.3. The highest BCUT2D eigenvalue weighted by atomic mass is 16.1. The van der Waals surface area contributed by atoms with Gasteiger partial charge in [-0.25, -0.2) is 0 Å². The highest BCUT2D eigenvalue weighted by Crippen LogP contribution is 2.45. The number of pyridine rings is 1. The first-order valence-corrected chi connectivity index (χ1v) is 6.24. The van der Waals surface area contributed by atoms with Gasteiger partial charge in [-0.3, -0.25) is 4.79 Å². The molecule has 1 aromatic heterocycles. The van der Waals surface area contributed by atoms with Crippen molar-refractivity contribution in [3.8, 4) is 0 Å². The van der Waals surface area contributed by atoms with Crippen molar-refractivity contribution in [2.75, 3.05) is 0 Å². The van der Waals surface area contributed by atoms with E-state index >= 15 is 0 Å². The van der Waals surface area contributed by atoms with Crippen LogP contribution in [-0.4, -0.2) is 4.98 Å². The van der Waals surface area contributed by atoms with Crippen molar-refractivity contribution in [1.29, 1.82) is 0 Å². The maximum absolute atomic E-state index is 11.4. The van der Waals surface area contributed by atoms with Crippen molar-refractivity contribution in [3.05, 3.63) is 57.0 Å². The van der Waals surface area contributed by atoms with E-state index in [0.717, 1.165) is 18.5 Å². The molecule has 2 aliphatic rings. The van der Waals surface area contributed by atoms with Crippen molar-refractivity contribution in [1.82, 2.24) is 4.98 Å². The molecule has 0 fully saturated rings. The lowest BCUT2D eigenvalue weighted by atomic mass is 9.68. The molecule has 88 valence electrons. The van der Waals surface area contributed by atoms with Gasteiger partial charge in [0.15, 0.2) is 0 Å². The van der Waals surface area contributed by atoms with Crippen molar-refractivity contribution >= 4 is 0 Å². The summed E-state index contributed by atoms with van der Waals surface area (Å²) in [7, 11) is 0. The van der Waals surface area contributed by atoms with E-state index in [1.807, 2.05) is 6.07 Å². The van der Waals surface area contributed by atoms with Crippen molar-refractivity contribution in [3.63, 3.8) is 0 Å². The van der Waals surface area contributed by atoms with Gasteiger partial charge >= 0.3 is 0 Å². The average molecular weight is 227 g/mol. The molecule has 3 rings (SSSR count). The number of H-pyrrole nitrogens is 1. The summed E-state index contributed by atoms with van der Waals surface area (Å²) >= 11 is 0. The summed E-state index contributed by atoms with van der Waals surface area (Å²) in [6.45, 7) is 4.34. The molecule has 2 bridgehead atoms. The Hall–Kier alpha value is -1.57. The van der Waals surface area contributed by atoms with E-state index in [2.05, 4.69) is 31.0 Å². The van der Waals surface area contributed by atoms with E-state index in [1.54, 1.807) is 6.07 Å². The van der Waals surface area contributed by atoms with Gasteiger partial charge in [-0.15, -0.1) is 0 Å². The molecule has 1 aromatic rings. The minimum Gasteiger partial charge on any atom is -0.326 e. The van der Waals surface area contributed by atoms with Gasteiger partial charge in [0.2, 0.25) is 5.56 Å². The van der Waals surface area contributed by atoms with E-state index in [0.29, 0.717) is 11.8 Å². The predicted octanol–water partition coefficient (Wildman–Crippen LogP) is 2.93. The van der Waals surface area contributed by atoms with Crippen LogP contribution in [0.4, 0.5) is 0 Å². The van der Waals surface area contributed by atoms with E-state index in [1.165, 1.54) is 16.7 Å². The summed E-state index contributed by atoms with van der Waals surface area (Å²) < 4.78 is 0. The molecule has 1 N–H and O–H groups in total. The smallest absolute Gasteiger partial charge is 0.248 e. The molecular weight excluding hydrogens is 210 g/mol. The Morgan fingerprint density at radius 2 is 2.18 bits per heavy atom. The number of hydrogen-bond acceptors (Lipinski definition) is 1. The molecule has 0 radical (unpaired) electrons. The van der Waals surface area contributed by atoms with Crippen molar-refractivity contribution in [2.45, 2.75) is 32.6 Å². The number of allylic oxidation sites excluding steroid dienone is 4. The number of rotatable bonds is 0. The molecule has 0 saturated carbocycles. The first-order chi connectivity index (χ1) is 8.19. The Kier molecular flexibility index (Phi) is 2.32. The zero-order valence-corrected chi connectivity index (χ0v) is 10.3. The van der Waals surface area contributed by atoms with Crippen LogP contribution in [0.5, 0.6) is 0 Å². The van der Waals surface area contributed by atoms with Crippen LogP contribution in [0.15, 0.2) is 40.2 Å². The topological polar surface area (TPSA) is 32.9 Å². The highest BCUT2D eigenvalue weighted by molar-refractivity contribution is 5.44. The SMILES string of the molecule is C/C=C1/[C@H]2C=C(C)C[C@@H]1c1ccc(=O)[nH]c1C2. The molecule has 0 amide bonds. The van der Waals surface area contributed by atoms with Crippen molar-refractivity contribution in [2.24, 2.45) is 5.92 Å². The Morgan fingerprint density at radius 3 is 2.94 bits per heavy atom. The highest BCUT2D eigenvalue weighted by Gasteiger charge is 2.33. The molecule has 0 unspecified atom stereocenters. The van der Waals surface area contributed by atoms with Crippen LogP contribution < -0.4 is 5.56 Å². The molecule has 2 aliphatic carbocycles. The molecule has 0 saturated heterocycles. The van der Waals surface area contributed by atoms with Gasteiger partial charge in [-0.05, 0) is 32.3 Å². The molecule has 0 spiro atoms. The fourth-order valence-electron chi connectivity index (χ4n) is 3.33. The monoisotopic (exact) mass is 227 g/mol. The minimum absolute atomic E-state index is 0.0199. The minimum atomic E-state index is 0.0199. The molecule has 0 aliphatic heterocycles. The van der Waals surface area contributed by atoms with Crippen molar-refractivity contribution < 1.29 is 0 Å². The largest absolute Gasteiger partial charge is 0.326 e. The predicted molar refractivity (Wildman–Crippen MR) is 69.1 cm³/mol. The summed E-state index contributed by atoms with van der Waals surface area (Å²) in [4.78, 5) is 14.4. The second-order valence-corrected chi connectivity index (χ2v) is 5.13. The van der Waals surface area contributed by atoms with Crippen LogP contribution in [0.3, 0.4) is 0 Å². The molecule has 2 nitrogen and oxygen atoms in total. The van der Waals surface area contributed by atoms with Gasteiger partial charge in [-0.1, -0.05) is 29.4 Å². The summed E-state index contributed by atoms with van der Waals surface area (Å²) in [5, 5.41) is 0. The number of nitrogens with one attached hydrogen (secondary N) is 1. The molecule has 1 heterocycles. The van der Waals surface area contributed by atoms with Crippen LogP contribution in [0.1, 0.15) is 37.4 Å². The van der Waals surface area contributed by atoms with Crippen LogP contribution in [-0.2, 0) is 6.42 Å². The third kappa shape index (κ3) is 1.59. The van der Waals surface area contributed by atoms with Gasteiger partial charge in [0.05, 0.1) is 0 Å². The summed E-state index contributed by atoms with van der Waals surface area (Å²) in [5.74, 6) is 0.972. The molecule has 0 aromatic carbocycles. The average Bonchev–Trinajstić information content (AvgIpc) is 2.27. The number of aromatic nitrogens is 1. The summed E-state index contributed by atoms with van der Waals surface area (Å²) in [6.07, 6.45) is 6.65. The van der Waals surface area contributed by atoms with Crippen LogP contribution in [0.2, 0.25) is 0 Å². The fourth-order valence-corrected chi connectivity index (χ4v) is 3.33. The first-order valence-electron chi connectivity index (χ1n) is 6.24. The quantitative estimate of drug-likeness (QED) is 0.679. The van der Waals surface area contributed by atoms with Gasteiger partial charge in [0.25, 0.3) is 0 Å². The Labute approximate surface area is 101 Å². The van der Waals surface area contributed by atoms with E-state index in [4.69, 9.17) is 0 Å². The van der Waals surface area contributed by atoms with E-state index in [-0.39, 0.29) is 5.56 Å². The number of fused-ring (bicyclic) bond motifs is 4. The lowest BCUT2D eigenvalue weighted by Crippen LogP contribution is -2.27. The van der Waals surface area contributed by atoms with Crippen LogP contribution in [0.25, 0.3) is 0 Å². The number of hydrogen-bond donors (Lipinski definition) is 1.